The first kappa shape index (κ1) is 13.0. The molecule has 0 atom stereocenters. The summed E-state index contributed by atoms with van der Waals surface area (Å²) in [7, 11) is 0. The molecule has 0 bridgehead atoms. The lowest BCUT2D eigenvalue weighted by atomic mass is 10.0. The quantitative estimate of drug-likeness (QED) is 0.647. The van der Waals surface area contributed by atoms with Crippen molar-refractivity contribution in [2.24, 2.45) is 0 Å². The summed E-state index contributed by atoms with van der Waals surface area (Å²) in [5, 5.41) is 0.977. The molecule has 3 rings (SSSR count). The lowest BCUT2D eigenvalue weighted by molar-refractivity contribution is 0.103. The number of ketones is 1. The van der Waals surface area contributed by atoms with Gasteiger partial charge in [0, 0.05) is 27.2 Å². The van der Waals surface area contributed by atoms with Gasteiger partial charge in [0.2, 0.25) is 0 Å². The molecule has 0 aliphatic heterocycles. The molecule has 0 unspecified atom stereocenters. The minimum atomic E-state index is -0.00680. The fourth-order valence-corrected chi connectivity index (χ4v) is 2.84. The average Bonchev–Trinajstić information content (AvgIpc) is 2.45. The van der Waals surface area contributed by atoms with Crippen molar-refractivity contribution < 1.29 is 4.79 Å². The van der Waals surface area contributed by atoms with Crippen LogP contribution in [0.5, 0.6) is 0 Å². The van der Waals surface area contributed by atoms with Crippen molar-refractivity contribution in [1.29, 1.82) is 0 Å². The van der Waals surface area contributed by atoms with E-state index in [1.807, 2.05) is 55.5 Å². The van der Waals surface area contributed by atoms with Crippen molar-refractivity contribution in [3.05, 3.63) is 75.9 Å². The van der Waals surface area contributed by atoms with Crippen LogP contribution in [0.15, 0.2) is 59.2 Å². The summed E-state index contributed by atoms with van der Waals surface area (Å²) in [6, 6.07) is 15.4. The number of benzene rings is 2. The van der Waals surface area contributed by atoms with Gasteiger partial charge in [-0.25, -0.2) is 0 Å². The summed E-state index contributed by atoms with van der Waals surface area (Å²) in [6.45, 7) is 1.97. The predicted octanol–water partition coefficient (Wildman–Crippen LogP) is 4.54. The third-order valence-corrected chi connectivity index (χ3v) is 3.61. The van der Waals surface area contributed by atoms with Crippen LogP contribution in [-0.2, 0) is 0 Å². The number of carbonyl (C=O) groups is 1. The van der Waals surface area contributed by atoms with E-state index in [1.54, 1.807) is 6.20 Å². The van der Waals surface area contributed by atoms with Crippen molar-refractivity contribution >= 4 is 32.6 Å². The van der Waals surface area contributed by atoms with Gasteiger partial charge in [-0.05, 0) is 42.8 Å². The minimum absolute atomic E-state index is 0.00680. The highest BCUT2D eigenvalue weighted by Gasteiger charge is 2.11. The van der Waals surface area contributed by atoms with E-state index in [-0.39, 0.29) is 5.78 Å². The second-order valence-corrected chi connectivity index (χ2v) is 5.68. The number of hydrogen-bond acceptors (Lipinski definition) is 2. The van der Waals surface area contributed by atoms with Crippen LogP contribution in [-0.4, -0.2) is 10.8 Å². The summed E-state index contributed by atoms with van der Waals surface area (Å²) >= 11 is 3.43. The van der Waals surface area contributed by atoms with Crippen molar-refractivity contribution in [3.8, 4) is 0 Å². The van der Waals surface area contributed by atoms with Crippen LogP contribution in [0.1, 0.15) is 21.5 Å². The molecule has 0 spiro atoms. The van der Waals surface area contributed by atoms with Crippen LogP contribution in [0.4, 0.5) is 0 Å². The van der Waals surface area contributed by atoms with E-state index < -0.39 is 0 Å². The Morgan fingerprint density at radius 3 is 2.65 bits per heavy atom. The monoisotopic (exact) mass is 325 g/mol. The number of carbonyl (C=O) groups excluding carboxylic acids is 1. The number of hydrogen-bond donors (Lipinski definition) is 0. The molecule has 0 radical (unpaired) electrons. The normalized spacial score (nSPS) is 10.7. The SMILES string of the molecule is Cc1cc(Br)cc(C(=O)c2cnc3ccccc3c2)c1. The molecule has 0 aliphatic carbocycles. The smallest absolute Gasteiger partial charge is 0.194 e. The first-order valence-electron chi connectivity index (χ1n) is 6.30. The number of aromatic nitrogens is 1. The Morgan fingerprint density at radius 1 is 1.05 bits per heavy atom. The molecule has 0 amide bonds. The second kappa shape index (κ2) is 5.17. The Labute approximate surface area is 125 Å². The van der Waals surface area contributed by atoms with E-state index in [9.17, 15) is 4.79 Å². The Kier molecular flexibility index (Phi) is 3.36. The van der Waals surface area contributed by atoms with Gasteiger partial charge in [-0.1, -0.05) is 34.1 Å². The van der Waals surface area contributed by atoms with Crippen molar-refractivity contribution in [3.63, 3.8) is 0 Å². The fourth-order valence-electron chi connectivity index (χ4n) is 2.23. The Bertz CT molecular complexity index is 791. The van der Waals surface area contributed by atoms with Gasteiger partial charge >= 0.3 is 0 Å². The third-order valence-electron chi connectivity index (χ3n) is 3.16. The van der Waals surface area contributed by atoms with E-state index in [0.717, 1.165) is 20.9 Å². The highest BCUT2D eigenvalue weighted by atomic mass is 79.9. The van der Waals surface area contributed by atoms with Gasteiger partial charge in [0.15, 0.2) is 5.78 Å². The highest BCUT2D eigenvalue weighted by Crippen LogP contribution is 2.20. The van der Waals surface area contributed by atoms with E-state index in [1.165, 1.54) is 0 Å². The lowest BCUT2D eigenvalue weighted by Crippen LogP contribution is -2.02. The molecule has 98 valence electrons. The number of para-hydroxylation sites is 1. The molecule has 0 saturated heterocycles. The van der Waals surface area contributed by atoms with Crippen molar-refractivity contribution in [1.82, 2.24) is 4.98 Å². The maximum absolute atomic E-state index is 12.5. The second-order valence-electron chi connectivity index (χ2n) is 4.76. The number of rotatable bonds is 2. The molecule has 2 nitrogen and oxygen atoms in total. The van der Waals surface area contributed by atoms with Gasteiger partial charge in [-0.15, -0.1) is 0 Å². The fraction of sp³-hybridized carbons (Fsp3) is 0.0588. The zero-order chi connectivity index (χ0) is 14.1. The van der Waals surface area contributed by atoms with Crippen LogP contribution in [0.2, 0.25) is 0 Å². The van der Waals surface area contributed by atoms with Crippen LogP contribution in [0.3, 0.4) is 0 Å². The van der Waals surface area contributed by atoms with Crippen LogP contribution in [0, 0.1) is 6.92 Å². The van der Waals surface area contributed by atoms with Gasteiger partial charge < -0.3 is 0 Å². The topological polar surface area (TPSA) is 30.0 Å². The van der Waals surface area contributed by atoms with Gasteiger partial charge in [0.25, 0.3) is 0 Å². The lowest BCUT2D eigenvalue weighted by Gasteiger charge is -2.05. The molecule has 0 fully saturated rings. The minimum Gasteiger partial charge on any atom is -0.289 e. The Morgan fingerprint density at radius 2 is 1.85 bits per heavy atom. The Balaban J connectivity index is 2.07. The van der Waals surface area contributed by atoms with Crippen LogP contribution < -0.4 is 0 Å². The van der Waals surface area contributed by atoms with E-state index in [2.05, 4.69) is 20.9 Å². The third kappa shape index (κ3) is 2.49. The number of nitrogens with zero attached hydrogens (tertiary/aromatic N) is 1. The molecule has 3 aromatic rings. The van der Waals surface area contributed by atoms with Gasteiger partial charge in [0.05, 0.1) is 5.52 Å². The molecule has 20 heavy (non-hydrogen) atoms. The molecule has 0 aliphatic rings. The number of pyridine rings is 1. The summed E-state index contributed by atoms with van der Waals surface area (Å²) in [4.78, 5) is 16.9. The molecule has 0 saturated carbocycles. The van der Waals surface area contributed by atoms with E-state index >= 15 is 0 Å². The predicted molar refractivity (Wildman–Crippen MR) is 84.1 cm³/mol. The summed E-state index contributed by atoms with van der Waals surface area (Å²) in [5.74, 6) is -0.00680. The summed E-state index contributed by atoms with van der Waals surface area (Å²) < 4.78 is 0.912. The molecular weight excluding hydrogens is 314 g/mol. The van der Waals surface area contributed by atoms with Gasteiger partial charge in [-0.3, -0.25) is 9.78 Å². The van der Waals surface area contributed by atoms with Crippen LogP contribution in [0.25, 0.3) is 10.9 Å². The van der Waals surface area contributed by atoms with E-state index in [0.29, 0.717) is 11.1 Å². The Hall–Kier alpha value is -2.00. The summed E-state index contributed by atoms with van der Waals surface area (Å²) in [6.07, 6.45) is 1.64. The maximum Gasteiger partial charge on any atom is 0.194 e. The molecule has 0 N–H and O–H groups in total. The molecule has 3 heteroatoms. The maximum atomic E-state index is 12.5. The number of aryl methyl sites for hydroxylation is 1. The van der Waals surface area contributed by atoms with Crippen molar-refractivity contribution in [2.45, 2.75) is 6.92 Å². The molecule has 1 aromatic heterocycles. The van der Waals surface area contributed by atoms with Crippen LogP contribution >= 0.6 is 15.9 Å². The molecular formula is C17H12BrNO. The van der Waals surface area contributed by atoms with E-state index in [4.69, 9.17) is 0 Å². The number of halogens is 1. The first-order valence-corrected chi connectivity index (χ1v) is 7.09. The average molecular weight is 326 g/mol. The van der Waals surface area contributed by atoms with Gasteiger partial charge in [-0.2, -0.15) is 0 Å². The molecule has 1 heterocycles. The number of fused-ring (bicyclic) bond motifs is 1. The van der Waals surface area contributed by atoms with Gasteiger partial charge in [0.1, 0.15) is 0 Å². The highest BCUT2D eigenvalue weighted by molar-refractivity contribution is 9.10. The largest absolute Gasteiger partial charge is 0.289 e. The zero-order valence-corrected chi connectivity index (χ0v) is 12.5. The summed E-state index contributed by atoms with van der Waals surface area (Å²) in [5.41, 5.74) is 3.24. The molecule has 2 aromatic carbocycles. The standard InChI is InChI=1S/C17H12BrNO/c1-11-6-13(9-15(18)7-11)17(20)14-8-12-4-2-3-5-16(12)19-10-14/h2-10H,1H3. The van der Waals surface area contributed by atoms with Crippen molar-refractivity contribution in [2.75, 3.05) is 0 Å². The first-order chi connectivity index (χ1) is 9.63. The zero-order valence-electron chi connectivity index (χ0n) is 10.9.